The van der Waals surface area contributed by atoms with Crippen LogP contribution in [-0.2, 0) is 7.05 Å². The zero-order valence-corrected chi connectivity index (χ0v) is 16.7. The molecule has 0 aliphatic carbocycles. The molecule has 1 N–H and O–H groups in total. The molecule has 4 rings (SSSR count). The van der Waals surface area contributed by atoms with Crippen LogP contribution in [0.25, 0.3) is 11.4 Å². The molecule has 0 atom stereocenters. The summed E-state index contributed by atoms with van der Waals surface area (Å²) < 4.78 is 5.16. The Kier molecular flexibility index (Phi) is 5.17. The summed E-state index contributed by atoms with van der Waals surface area (Å²) in [5, 5.41) is 4.10. The van der Waals surface area contributed by atoms with Crippen LogP contribution in [0.15, 0.2) is 89.0 Å². The summed E-state index contributed by atoms with van der Waals surface area (Å²) in [5.41, 5.74) is 5.62. The molecule has 0 saturated carbocycles. The van der Waals surface area contributed by atoms with Crippen molar-refractivity contribution in [3.05, 3.63) is 106 Å². The minimum absolute atomic E-state index is 0.130. The number of hydrogen-bond donors (Lipinski definition) is 1. The third-order valence-corrected chi connectivity index (χ3v) is 4.93. The number of carbonyl (C=O) groups excluding carboxylic acids is 1. The summed E-state index contributed by atoms with van der Waals surface area (Å²) in [6.45, 7) is 1.74. The monoisotopic (exact) mass is 399 g/mol. The van der Waals surface area contributed by atoms with Gasteiger partial charge in [0.25, 0.3) is 11.5 Å². The van der Waals surface area contributed by atoms with E-state index in [1.165, 1.54) is 6.21 Å². The minimum Gasteiger partial charge on any atom is -0.323 e. The maximum Gasteiger partial charge on any atom is 0.274 e. The largest absolute Gasteiger partial charge is 0.323 e. The molecule has 0 aliphatic rings. The van der Waals surface area contributed by atoms with Gasteiger partial charge < -0.3 is 4.57 Å². The number of nitrogens with one attached hydrogen (secondary N) is 1. The van der Waals surface area contributed by atoms with Crippen molar-refractivity contribution in [1.29, 1.82) is 0 Å². The van der Waals surface area contributed by atoms with E-state index >= 15 is 0 Å². The van der Waals surface area contributed by atoms with Gasteiger partial charge in [-0.15, -0.1) is 0 Å². The molecule has 0 fully saturated rings. The van der Waals surface area contributed by atoms with Gasteiger partial charge in [-0.05, 0) is 43.3 Å². The van der Waals surface area contributed by atoms with E-state index in [0.29, 0.717) is 16.8 Å². The Bertz CT molecular complexity index is 1260. The second-order valence-corrected chi connectivity index (χ2v) is 6.79. The number of aromatic nitrogens is 3. The fraction of sp³-hybridized carbons (Fsp3) is 0.0870. The Morgan fingerprint density at radius 2 is 1.63 bits per heavy atom. The quantitative estimate of drug-likeness (QED) is 0.414. The van der Waals surface area contributed by atoms with Crippen molar-refractivity contribution in [2.45, 2.75) is 6.92 Å². The number of rotatable bonds is 5. The third kappa shape index (κ3) is 3.48. The van der Waals surface area contributed by atoms with Gasteiger partial charge in [-0.1, -0.05) is 30.3 Å². The van der Waals surface area contributed by atoms with Crippen molar-refractivity contribution < 1.29 is 4.79 Å². The van der Waals surface area contributed by atoms with Crippen LogP contribution in [0.5, 0.6) is 0 Å². The van der Waals surface area contributed by atoms with Crippen LogP contribution in [-0.4, -0.2) is 26.1 Å². The van der Waals surface area contributed by atoms with Crippen LogP contribution < -0.4 is 11.0 Å². The summed E-state index contributed by atoms with van der Waals surface area (Å²) in [6.07, 6.45) is 5.24. The molecule has 150 valence electrons. The number of benzene rings is 2. The van der Waals surface area contributed by atoms with Crippen LogP contribution in [0, 0.1) is 6.92 Å². The molecule has 4 aromatic rings. The van der Waals surface area contributed by atoms with E-state index in [2.05, 4.69) is 10.5 Å². The molecule has 0 bridgehead atoms. The maximum absolute atomic E-state index is 12.7. The van der Waals surface area contributed by atoms with E-state index in [0.717, 1.165) is 11.4 Å². The van der Waals surface area contributed by atoms with Crippen LogP contribution in [0.2, 0.25) is 0 Å². The van der Waals surface area contributed by atoms with Gasteiger partial charge in [-0.25, -0.2) is 10.1 Å². The Morgan fingerprint density at radius 3 is 2.37 bits per heavy atom. The molecular formula is C23H21N5O2. The van der Waals surface area contributed by atoms with Crippen LogP contribution in [0.1, 0.15) is 21.6 Å². The molecule has 30 heavy (non-hydrogen) atoms. The second-order valence-electron chi connectivity index (χ2n) is 6.79. The van der Waals surface area contributed by atoms with E-state index < -0.39 is 0 Å². The number of nitrogens with zero attached hydrogens (tertiary/aromatic N) is 4. The highest BCUT2D eigenvalue weighted by atomic mass is 16.2. The first kappa shape index (κ1) is 19.2. The average molecular weight is 399 g/mol. The van der Waals surface area contributed by atoms with Gasteiger partial charge in [0, 0.05) is 25.0 Å². The summed E-state index contributed by atoms with van der Waals surface area (Å²) >= 11 is 0. The third-order valence-electron chi connectivity index (χ3n) is 4.93. The average Bonchev–Trinajstić information content (AvgIpc) is 3.38. The fourth-order valence-corrected chi connectivity index (χ4v) is 3.39. The van der Waals surface area contributed by atoms with Crippen molar-refractivity contribution in [1.82, 2.24) is 19.4 Å². The van der Waals surface area contributed by atoms with Crippen molar-refractivity contribution >= 4 is 12.1 Å². The van der Waals surface area contributed by atoms with E-state index in [9.17, 15) is 9.59 Å². The lowest BCUT2D eigenvalue weighted by atomic mass is 10.1. The number of hydrazone groups is 1. The second kappa shape index (κ2) is 8.08. The van der Waals surface area contributed by atoms with Crippen molar-refractivity contribution in [3.63, 3.8) is 0 Å². The lowest BCUT2D eigenvalue weighted by Crippen LogP contribution is -2.20. The van der Waals surface area contributed by atoms with E-state index in [-0.39, 0.29) is 11.5 Å². The predicted octanol–water partition coefficient (Wildman–Crippen LogP) is 3.04. The highest BCUT2D eigenvalue weighted by Crippen LogP contribution is 2.14. The number of para-hydroxylation sites is 2. The molecule has 2 heterocycles. The first-order chi connectivity index (χ1) is 14.6. The van der Waals surface area contributed by atoms with Gasteiger partial charge >= 0.3 is 0 Å². The standard InChI is InChI=1S/C23H21N5O2/c1-17-21(26(2)28(23(17)30)18-10-4-3-5-11-18)16-24-25-22(29)19-12-6-7-13-20(19)27-14-8-9-15-27/h3-16H,1-2H3,(H,25,29)/b24-16-. The molecule has 2 aromatic heterocycles. The van der Waals surface area contributed by atoms with Crippen molar-refractivity contribution in [3.8, 4) is 11.4 Å². The summed E-state index contributed by atoms with van der Waals surface area (Å²) in [7, 11) is 1.78. The smallest absolute Gasteiger partial charge is 0.274 e. The first-order valence-corrected chi connectivity index (χ1v) is 9.47. The first-order valence-electron chi connectivity index (χ1n) is 9.47. The van der Waals surface area contributed by atoms with Gasteiger partial charge in [0.1, 0.15) is 0 Å². The van der Waals surface area contributed by atoms with Gasteiger partial charge in [0.2, 0.25) is 0 Å². The number of carbonyl (C=O) groups is 1. The van der Waals surface area contributed by atoms with Crippen molar-refractivity contribution in [2.24, 2.45) is 12.1 Å². The number of amides is 1. The highest BCUT2D eigenvalue weighted by molar-refractivity contribution is 5.98. The fourth-order valence-electron chi connectivity index (χ4n) is 3.39. The van der Waals surface area contributed by atoms with Gasteiger partial charge in [-0.3, -0.25) is 14.3 Å². The Morgan fingerprint density at radius 1 is 0.967 bits per heavy atom. The van der Waals surface area contributed by atoms with Gasteiger partial charge in [0.05, 0.1) is 28.8 Å². The molecule has 7 nitrogen and oxygen atoms in total. The van der Waals surface area contributed by atoms with E-state index in [1.807, 2.05) is 71.6 Å². The van der Waals surface area contributed by atoms with E-state index in [4.69, 9.17) is 0 Å². The van der Waals surface area contributed by atoms with E-state index in [1.54, 1.807) is 35.5 Å². The summed E-state index contributed by atoms with van der Waals surface area (Å²) in [6, 6.07) is 20.5. The van der Waals surface area contributed by atoms with Crippen molar-refractivity contribution in [2.75, 3.05) is 0 Å². The normalized spacial score (nSPS) is 11.1. The minimum atomic E-state index is -0.333. The maximum atomic E-state index is 12.7. The zero-order valence-electron chi connectivity index (χ0n) is 16.7. The highest BCUT2D eigenvalue weighted by Gasteiger charge is 2.15. The van der Waals surface area contributed by atoms with Crippen LogP contribution in [0.4, 0.5) is 0 Å². The molecule has 0 radical (unpaired) electrons. The topological polar surface area (TPSA) is 73.3 Å². The summed E-state index contributed by atoms with van der Waals surface area (Å²) in [4.78, 5) is 25.4. The molecule has 0 spiro atoms. The molecule has 0 unspecified atom stereocenters. The molecular weight excluding hydrogens is 378 g/mol. The zero-order chi connectivity index (χ0) is 21.1. The van der Waals surface area contributed by atoms with Crippen LogP contribution >= 0.6 is 0 Å². The lowest BCUT2D eigenvalue weighted by molar-refractivity contribution is 0.0955. The van der Waals surface area contributed by atoms with Gasteiger partial charge in [0.15, 0.2) is 0 Å². The Balaban J connectivity index is 1.60. The predicted molar refractivity (Wildman–Crippen MR) is 117 cm³/mol. The molecule has 1 amide bonds. The summed E-state index contributed by atoms with van der Waals surface area (Å²) in [5.74, 6) is -0.333. The Labute approximate surface area is 173 Å². The lowest BCUT2D eigenvalue weighted by Gasteiger charge is -2.09. The number of hydrogen-bond acceptors (Lipinski definition) is 3. The molecule has 7 heteroatoms. The van der Waals surface area contributed by atoms with Crippen LogP contribution in [0.3, 0.4) is 0 Å². The molecule has 0 saturated heterocycles. The molecule has 0 aliphatic heterocycles. The SMILES string of the molecule is Cc1c(/C=N\NC(=O)c2ccccc2-n2cccc2)n(C)n(-c2ccccc2)c1=O. The Hall–Kier alpha value is -4.13. The van der Waals surface area contributed by atoms with Gasteiger partial charge in [-0.2, -0.15) is 5.10 Å². The molecule has 2 aromatic carbocycles.